The van der Waals surface area contributed by atoms with Crippen LogP contribution in [0.25, 0.3) is 11.4 Å². The molecule has 0 amide bonds. The van der Waals surface area contributed by atoms with Crippen LogP contribution >= 0.6 is 0 Å². The lowest BCUT2D eigenvalue weighted by Gasteiger charge is -2.36. The van der Waals surface area contributed by atoms with Crippen molar-refractivity contribution in [1.82, 2.24) is 30.0 Å². The molecule has 1 aromatic carbocycles. The Morgan fingerprint density at radius 2 is 1.82 bits per heavy atom. The van der Waals surface area contributed by atoms with Crippen LogP contribution in [0.5, 0.6) is 0 Å². The van der Waals surface area contributed by atoms with E-state index in [1.165, 1.54) is 16.8 Å². The average Bonchev–Trinajstić information content (AvgIpc) is 3.09. The van der Waals surface area contributed by atoms with Gasteiger partial charge in [-0.1, -0.05) is 13.0 Å². The number of benzene rings is 1. The molecule has 2 aromatic rings. The highest BCUT2D eigenvalue weighted by Crippen LogP contribution is 2.39. The van der Waals surface area contributed by atoms with Crippen molar-refractivity contribution in [3.05, 3.63) is 40.7 Å². The first-order valence-corrected chi connectivity index (χ1v) is 9.40. The predicted octanol–water partition coefficient (Wildman–Crippen LogP) is 3.09. The van der Waals surface area contributed by atoms with E-state index in [4.69, 9.17) is 0 Å². The van der Waals surface area contributed by atoms with Crippen LogP contribution in [0.1, 0.15) is 41.8 Å². The van der Waals surface area contributed by atoms with E-state index in [0.717, 1.165) is 37.4 Å². The summed E-state index contributed by atoms with van der Waals surface area (Å²) in [4.78, 5) is 4.47. The molecule has 1 unspecified atom stereocenters. The highest BCUT2D eigenvalue weighted by Gasteiger charge is 2.34. The zero-order chi connectivity index (χ0) is 20.1. The molecule has 6 nitrogen and oxygen atoms in total. The van der Waals surface area contributed by atoms with Crippen molar-refractivity contribution >= 4 is 5.70 Å². The molecule has 2 aliphatic heterocycles. The topological polar surface area (TPSA) is 50.1 Å². The monoisotopic (exact) mass is 392 g/mol. The molecule has 150 valence electrons. The van der Waals surface area contributed by atoms with E-state index < -0.39 is 11.7 Å². The molecule has 2 aliphatic rings. The molecule has 0 radical (unpaired) electrons. The molecule has 1 atom stereocenters. The van der Waals surface area contributed by atoms with Gasteiger partial charge < -0.3 is 9.80 Å². The van der Waals surface area contributed by atoms with Crippen molar-refractivity contribution in [2.45, 2.75) is 32.4 Å². The molecule has 1 fully saturated rings. The maximum absolute atomic E-state index is 13.4. The van der Waals surface area contributed by atoms with Gasteiger partial charge in [-0.2, -0.15) is 17.9 Å². The Bertz CT molecular complexity index is 909. The average molecular weight is 392 g/mol. The highest BCUT2D eigenvalue weighted by atomic mass is 19.4. The summed E-state index contributed by atoms with van der Waals surface area (Å²) in [5, 5.41) is 12.0. The van der Waals surface area contributed by atoms with Crippen LogP contribution < -0.4 is 0 Å². The lowest BCUT2D eigenvalue weighted by Crippen LogP contribution is -2.43. The summed E-state index contributed by atoms with van der Waals surface area (Å²) in [6.07, 6.45) is -1.58. The Morgan fingerprint density at radius 1 is 1.11 bits per heavy atom. The van der Waals surface area contributed by atoms with Crippen molar-refractivity contribution in [1.29, 1.82) is 0 Å². The SMILES string of the molecule is Cc1cc(C(F)(F)F)cc2c1C(C)CC=C(N1CCN(C)CC1)c1nnnn1-2. The Hall–Kier alpha value is -2.42. The third-order valence-electron chi connectivity index (χ3n) is 5.62. The molecule has 0 saturated carbocycles. The standard InChI is InChI=1S/C19H23F3N6/c1-12-4-5-15(27-8-6-26(3)7-9-27)18-23-24-25-28(18)16-11-14(19(20,21)22)10-13(2)17(12)16/h5,10-12H,4,6-9H2,1-3H3. The van der Waals surface area contributed by atoms with Gasteiger partial charge in [0.2, 0.25) is 5.82 Å². The predicted molar refractivity (Wildman–Crippen MR) is 99.0 cm³/mol. The molecular formula is C19H23F3N6. The summed E-state index contributed by atoms with van der Waals surface area (Å²) < 4.78 is 41.8. The first kappa shape index (κ1) is 18.9. The number of likely N-dealkylation sites (N-methyl/N-ethyl adjacent to an activating group) is 1. The molecule has 0 aliphatic carbocycles. The minimum atomic E-state index is -4.42. The second-order valence-corrected chi connectivity index (χ2v) is 7.65. The van der Waals surface area contributed by atoms with Gasteiger partial charge in [-0.15, -0.1) is 5.10 Å². The number of alkyl halides is 3. The molecule has 9 heteroatoms. The minimum Gasteiger partial charge on any atom is -0.366 e. The number of rotatable bonds is 1. The van der Waals surface area contributed by atoms with Gasteiger partial charge in [-0.3, -0.25) is 0 Å². The van der Waals surface area contributed by atoms with Gasteiger partial charge in [0.15, 0.2) is 0 Å². The molecular weight excluding hydrogens is 369 g/mol. The minimum absolute atomic E-state index is 0.0529. The van der Waals surface area contributed by atoms with Crippen LogP contribution in [0.15, 0.2) is 18.2 Å². The van der Waals surface area contributed by atoms with E-state index in [0.29, 0.717) is 23.5 Å². The number of allylic oxidation sites excluding steroid dienone is 1. The van der Waals surface area contributed by atoms with Gasteiger partial charge >= 0.3 is 6.18 Å². The number of hydrogen-bond acceptors (Lipinski definition) is 5. The highest BCUT2D eigenvalue weighted by molar-refractivity contribution is 5.63. The largest absolute Gasteiger partial charge is 0.416 e. The van der Waals surface area contributed by atoms with Gasteiger partial charge in [0.05, 0.1) is 16.9 Å². The number of aromatic nitrogens is 4. The van der Waals surface area contributed by atoms with E-state index in [1.54, 1.807) is 6.92 Å². The smallest absolute Gasteiger partial charge is 0.366 e. The quantitative estimate of drug-likeness (QED) is 0.747. The Kier molecular flexibility index (Phi) is 4.65. The number of nitrogens with zero attached hydrogens (tertiary/aromatic N) is 6. The number of fused-ring (bicyclic) bond motifs is 3. The molecule has 28 heavy (non-hydrogen) atoms. The first-order valence-electron chi connectivity index (χ1n) is 9.40. The summed E-state index contributed by atoms with van der Waals surface area (Å²) in [6, 6.07) is 2.39. The van der Waals surface area contributed by atoms with Gasteiger partial charge in [0.1, 0.15) is 0 Å². The molecule has 3 heterocycles. The maximum atomic E-state index is 13.4. The maximum Gasteiger partial charge on any atom is 0.416 e. The van der Waals surface area contributed by atoms with E-state index >= 15 is 0 Å². The van der Waals surface area contributed by atoms with E-state index in [1.807, 2.05) is 6.92 Å². The second kappa shape index (κ2) is 6.88. The number of piperazine rings is 1. The Balaban J connectivity index is 1.86. The fraction of sp³-hybridized carbons (Fsp3) is 0.526. The van der Waals surface area contributed by atoms with E-state index in [-0.39, 0.29) is 5.92 Å². The number of tetrazole rings is 1. The zero-order valence-corrected chi connectivity index (χ0v) is 16.2. The van der Waals surface area contributed by atoms with Crippen molar-refractivity contribution in [2.24, 2.45) is 0 Å². The van der Waals surface area contributed by atoms with E-state index in [9.17, 15) is 13.2 Å². The molecule has 1 aromatic heterocycles. The lowest BCUT2D eigenvalue weighted by molar-refractivity contribution is -0.137. The van der Waals surface area contributed by atoms with Crippen molar-refractivity contribution in [2.75, 3.05) is 33.2 Å². The number of aryl methyl sites for hydroxylation is 1. The number of halogens is 3. The summed E-state index contributed by atoms with van der Waals surface area (Å²) >= 11 is 0. The summed E-state index contributed by atoms with van der Waals surface area (Å²) in [5.74, 6) is 0.550. The Labute approximate surface area is 161 Å². The second-order valence-electron chi connectivity index (χ2n) is 7.65. The van der Waals surface area contributed by atoms with Gasteiger partial charge in [-0.25, -0.2) is 0 Å². The van der Waals surface area contributed by atoms with Crippen LogP contribution in [0.2, 0.25) is 0 Å². The normalized spacial score (nSPS) is 20.9. The summed E-state index contributed by atoms with van der Waals surface area (Å²) in [7, 11) is 2.08. The van der Waals surface area contributed by atoms with Crippen LogP contribution in [-0.2, 0) is 6.18 Å². The fourth-order valence-corrected chi connectivity index (χ4v) is 4.08. The third kappa shape index (κ3) is 3.28. The molecule has 4 rings (SSSR count). The first-order chi connectivity index (χ1) is 13.3. The van der Waals surface area contributed by atoms with Crippen molar-refractivity contribution in [3.63, 3.8) is 0 Å². The van der Waals surface area contributed by atoms with Crippen molar-refractivity contribution < 1.29 is 13.2 Å². The van der Waals surface area contributed by atoms with Crippen molar-refractivity contribution in [3.8, 4) is 5.69 Å². The Morgan fingerprint density at radius 3 is 2.50 bits per heavy atom. The molecule has 0 bridgehead atoms. The lowest BCUT2D eigenvalue weighted by atomic mass is 9.89. The van der Waals surface area contributed by atoms with E-state index in [2.05, 4.69) is 38.4 Å². The molecule has 1 saturated heterocycles. The number of hydrogen-bond donors (Lipinski definition) is 0. The molecule has 0 spiro atoms. The third-order valence-corrected chi connectivity index (χ3v) is 5.62. The van der Waals surface area contributed by atoms with Crippen LogP contribution in [0.3, 0.4) is 0 Å². The van der Waals surface area contributed by atoms with Crippen LogP contribution in [0.4, 0.5) is 13.2 Å². The van der Waals surface area contributed by atoms with Gasteiger partial charge in [0.25, 0.3) is 0 Å². The van der Waals surface area contributed by atoms with Gasteiger partial charge in [-0.05, 0) is 60.0 Å². The zero-order valence-electron chi connectivity index (χ0n) is 16.2. The molecule has 0 N–H and O–H groups in total. The van der Waals surface area contributed by atoms with Crippen LogP contribution in [-0.4, -0.2) is 63.2 Å². The summed E-state index contributed by atoms with van der Waals surface area (Å²) in [5.41, 5.74) is 2.10. The van der Waals surface area contributed by atoms with Gasteiger partial charge in [0, 0.05) is 26.2 Å². The summed E-state index contributed by atoms with van der Waals surface area (Å²) in [6.45, 7) is 7.26. The van der Waals surface area contributed by atoms with Crippen LogP contribution in [0, 0.1) is 6.92 Å². The fourth-order valence-electron chi connectivity index (χ4n) is 4.08.